The Hall–Kier alpha value is -1.66. The average Bonchev–Trinajstić information content (AvgIpc) is 3.11. The highest BCUT2D eigenvalue weighted by molar-refractivity contribution is 5.30. The average molecular weight is 341 g/mol. The number of ether oxygens (including phenoxy) is 1. The molecule has 3 heterocycles. The maximum atomic E-state index is 10.7. The molecular weight excluding hydrogens is 314 g/mol. The van der Waals surface area contributed by atoms with Crippen molar-refractivity contribution < 1.29 is 9.84 Å². The summed E-state index contributed by atoms with van der Waals surface area (Å²) < 4.78 is 7.74. The fourth-order valence-electron chi connectivity index (χ4n) is 4.06. The summed E-state index contributed by atoms with van der Waals surface area (Å²) in [6.07, 6.45) is 1.82. The first kappa shape index (κ1) is 16.8. The van der Waals surface area contributed by atoms with Crippen LogP contribution in [0.25, 0.3) is 0 Å². The van der Waals surface area contributed by atoms with Gasteiger partial charge < -0.3 is 14.4 Å². The van der Waals surface area contributed by atoms with Gasteiger partial charge in [0, 0.05) is 51.2 Å². The highest BCUT2D eigenvalue weighted by atomic mass is 16.5. The van der Waals surface area contributed by atoms with Crippen LogP contribution in [0, 0.1) is 0 Å². The van der Waals surface area contributed by atoms with Gasteiger partial charge in [-0.15, -0.1) is 0 Å². The molecule has 0 amide bonds. The van der Waals surface area contributed by atoms with Crippen LogP contribution in [0.3, 0.4) is 0 Å². The number of hydrogen-bond acceptors (Lipinski definition) is 4. The van der Waals surface area contributed by atoms with Crippen LogP contribution >= 0.6 is 0 Å². The van der Waals surface area contributed by atoms with Crippen molar-refractivity contribution in [2.75, 3.05) is 45.9 Å². The van der Waals surface area contributed by atoms with Gasteiger partial charge in [-0.1, -0.05) is 30.3 Å². The van der Waals surface area contributed by atoms with E-state index >= 15 is 0 Å². The minimum atomic E-state index is -0.342. The van der Waals surface area contributed by atoms with Crippen molar-refractivity contribution in [3.8, 4) is 0 Å². The van der Waals surface area contributed by atoms with E-state index in [4.69, 9.17) is 4.74 Å². The Labute approximate surface area is 149 Å². The second-order valence-electron chi connectivity index (χ2n) is 7.00. The Morgan fingerprint density at radius 3 is 2.56 bits per heavy atom. The monoisotopic (exact) mass is 341 g/mol. The zero-order valence-corrected chi connectivity index (χ0v) is 14.6. The molecule has 0 radical (unpaired) electrons. The lowest BCUT2D eigenvalue weighted by Gasteiger charge is -2.39. The van der Waals surface area contributed by atoms with Crippen LogP contribution in [0.4, 0.5) is 0 Å². The molecule has 2 aliphatic heterocycles. The summed E-state index contributed by atoms with van der Waals surface area (Å²) in [6.45, 7) is 6.75. The van der Waals surface area contributed by atoms with Gasteiger partial charge in [0.25, 0.3) is 0 Å². The van der Waals surface area contributed by atoms with Crippen molar-refractivity contribution in [1.29, 1.82) is 0 Å². The molecule has 1 saturated heterocycles. The van der Waals surface area contributed by atoms with Gasteiger partial charge in [-0.3, -0.25) is 9.80 Å². The Bertz CT molecular complexity index is 667. The van der Waals surface area contributed by atoms with E-state index in [2.05, 4.69) is 63.0 Å². The Balaban J connectivity index is 1.49. The van der Waals surface area contributed by atoms with E-state index in [0.717, 1.165) is 45.9 Å². The maximum Gasteiger partial charge on any atom is 0.0794 e. The molecule has 1 N–H and O–H groups in total. The number of rotatable bonds is 5. The smallest absolute Gasteiger partial charge is 0.0794 e. The van der Waals surface area contributed by atoms with Crippen LogP contribution in [-0.4, -0.2) is 71.5 Å². The molecular formula is C20H27N3O2. The zero-order chi connectivity index (χ0) is 17.1. The van der Waals surface area contributed by atoms with Gasteiger partial charge in [0.1, 0.15) is 0 Å². The van der Waals surface area contributed by atoms with Gasteiger partial charge in [0.15, 0.2) is 0 Å². The van der Waals surface area contributed by atoms with Gasteiger partial charge in [-0.05, 0) is 17.7 Å². The lowest BCUT2D eigenvalue weighted by molar-refractivity contribution is 0.00237. The summed E-state index contributed by atoms with van der Waals surface area (Å²) in [5.41, 5.74) is 2.61. The fraction of sp³-hybridized carbons (Fsp3) is 0.500. The largest absolute Gasteiger partial charge is 0.390 e. The normalized spacial score (nSPS) is 23.3. The molecule has 0 aliphatic carbocycles. The van der Waals surface area contributed by atoms with E-state index < -0.39 is 0 Å². The van der Waals surface area contributed by atoms with Crippen LogP contribution in [-0.2, 0) is 11.3 Å². The second-order valence-corrected chi connectivity index (χ2v) is 7.00. The van der Waals surface area contributed by atoms with Crippen LogP contribution in [0.1, 0.15) is 17.3 Å². The molecule has 0 saturated carbocycles. The van der Waals surface area contributed by atoms with Crippen molar-refractivity contribution in [3.05, 3.63) is 59.9 Å². The van der Waals surface area contributed by atoms with E-state index in [1.165, 1.54) is 11.3 Å². The summed E-state index contributed by atoms with van der Waals surface area (Å²) >= 11 is 0. The number of fused-ring (bicyclic) bond motifs is 1. The van der Waals surface area contributed by atoms with E-state index in [1.807, 2.05) is 0 Å². The minimum absolute atomic E-state index is 0.212. The zero-order valence-electron chi connectivity index (χ0n) is 14.6. The molecule has 4 rings (SSSR count). The molecule has 2 aliphatic rings. The lowest BCUT2D eigenvalue weighted by Crippen LogP contribution is -2.47. The number of hydrogen-bond donors (Lipinski definition) is 1. The lowest BCUT2D eigenvalue weighted by atomic mass is 9.99. The maximum absolute atomic E-state index is 10.7. The van der Waals surface area contributed by atoms with E-state index in [9.17, 15) is 5.11 Å². The molecule has 5 nitrogen and oxygen atoms in total. The van der Waals surface area contributed by atoms with E-state index in [1.54, 1.807) is 0 Å². The highest BCUT2D eigenvalue weighted by Crippen LogP contribution is 2.32. The molecule has 0 spiro atoms. The summed E-state index contributed by atoms with van der Waals surface area (Å²) in [4.78, 5) is 4.73. The van der Waals surface area contributed by atoms with Crippen molar-refractivity contribution in [1.82, 2.24) is 14.4 Å². The highest BCUT2D eigenvalue weighted by Gasteiger charge is 2.30. The summed E-state index contributed by atoms with van der Waals surface area (Å²) in [5, 5.41) is 10.7. The first-order valence-corrected chi connectivity index (χ1v) is 9.23. The van der Waals surface area contributed by atoms with Crippen LogP contribution < -0.4 is 0 Å². The summed E-state index contributed by atoms with van der Waals surface area (Å²) in [5.74, 6) is 0. The third-order valence-corrected chi connectivity index (χ3v) is 5.27. The van der Waals surface area contributed by atoms with Gasteiger partial charge in [0.05, 0.1) is 25.4 Å². The molecule has 25 heavy (non-hydrogen) atoms. The van der Waals surface area contributed by atoms with Gasteiger partial charge in [-0.25, -0.2) is 0 Å². The standard InChI is InChI=1S/C20H27N3O2/c24-18(15-21-11-13-25-14-12-21)16-23-10-9-22-8-4-7-19(22)20(23)17-5-2-1-3-6-17/h1-8,18,20,24H,9-16H2. The first-order valence-electron chi connectivity index (χ1n) is 9.23. The van der Waals surface area contributed by atoms with Crippen LogP contribution in [0.2, 0.25) is 0 Å². The Morgan fingerprint density at radius 2 is 1.76 bits per heavy atom. The Kier molecular flexibility index (Phi) is 5.17. The molecule has 2 aromatic rings. The SMILES string of the molecule is OC(CN1CCOCC1)CN1CCn2cccc2C1c1ccccc1. The molecule has 1 aromatic carbocycles. The van der Waals surface area contributed by atoms with Gasteiger partial charge in [0.2, 0.25) is 0 Å². The molecule has 0 bridgehead atoms. The van der Waals surface area contributed by atoms with Gasteiger partial charge >= 0.3 is 0 Å². The van der Waals surface area contributed by atoms with E-state index in [0.29, 0.717) is 6.54 Å². The molecule has 2 atom stereocenters. The quantitative estimate of drug-likeness (QED) is 0.897. The topological polar surface area (TPSA) is 40.9 Å². The van der Waals surface area contributed by atoms with Crippen molar-refractivity contribution >= 4 is 0 Å². The molecule has 5 heteroatoms. The number of nitrogens with zero attached hydrogens (tertiary/aromatic N) is 3. The summed E-state index contributed by atoms with van der Waals surface area (Å²) in [6, 6.07) is 15.2. The predicted molar refractivity (Wildman–Crippen MR) is 97.6 cm³/mol. The number of β-amino-alcohol motifs (C(OH)–C–C–N with tert-alkyl or cyclic N) is 1. The predicted octanol–water partition coefficient (Wildman–Crippen LogP) is 1.59. The minimum Gasteiger partial charge on any atom is -0.390 e. The number of morpholine rings is 1. The second kappa shape index (κ2) is 7.70. The Morgan fingerprint density at radius 1 is 0.960 bits per heavy atom. The third-order valence-electron chi connectivity index (χ3n) is 5.27. The van der Waals surface area contributed by atoms with Crippen LogP contribution in [0.15, 0.2) is 48.7 Å². The van der Waals surface area contributed by atoms with Crippen LogP contribution in [0.5, 0.6) is 0 Å². The third kappa shape index (κ3) is 3.80. The number of aliphatic hydroxyl groups is 1. The molecule has 2 unspecified atom stereocenters. The molecule has 134 valence electrons. The molecule has 1 fully saturated rings. The van der Waals surface area contributed by atoms with Gasteiger partial charge in [-0.2, -0.15) is 0 Å². The van der Waals surface area contributed by atoms with Crippen molar-refractivity contribution in [3.63, 3.8) is 0 Å². The first-order chi connectivity index (χ1) is 12.3. The number of benzene rings is 1. The van der Waals surface area contributed by atoms with Crippen molar-refractivity contribution in [2.24, 2.45) is 0 Å². The summed E-state index contributed by atoms with van der Waals surface area (Å²) in [7, 11) is 0. The number of aliphatic hydroxyl groups excluding tert-OH is 1. The molecule has 1 aromatic heterocycles. The number of aromatic nitrogens is 1. The van der Waals surface area contributed by atoms with E-state index in [-0.39, 0.29) is 12.1 Å². The van der Waals surface area contributed by atoms with Crippen molar-refractivity contribution in [2.45, 2.75) is 18.7 Å². The fourth-order valence-corrected chi connectivity index (χ4v) is 4.06.